The molecule has 0 amide bonds. The minimum absolute atomic E-state index is 0.163. The Morgan fingerprint density at radius 3 is 2.58 bits per heavy atom. The summed E-state index contributed by atoms with van der Waals surface area (Å²) in [6.45, 7) is 0.855. The molecule has 0 aliphatic carbocycles. The third-order valence-corrected chi connectivity index (χ3v) is 6.02. The van der Waals surface area contributed by atoms with Crippen LogP contribution >= 0.6 is 12.6 Å². The van der Waals surface area contributed by atoms with Crippen LogP contribution in [0.3, 0.4) is 0 Å². The molecule has 2 rings (SSSR count). The lowest BCUT2D eigenvalue weighted by molar-refractivity contribution is 0.251. The highest BCUT2D eigenvalue weighted by Crippen LogP contribution is 2.22. The average molecular weight is 299 g/mol. The molecule has 1 fully saturated rings. The van der Waals surface area contributed by atoms with Crippen molar-refractivity contribution in [3.63, 3.8) is 0 Å². The molecule has 2 atom stereocenters. The van der Waals surface area contributed by atoms with E-state index in [1.54, 1.807) is 0 Å². The van der Waals surface area contributed by atoms with Crippen LogP contribution < -0.4 is 0 Å². The largest absolute Gasteiger partial charge is 0.302 e. The van der Waals surface area contributed by atoms with Crippen LogP contribution in [-0.2, 0) is 9.84 Å². The monoisotopic (exact) mass is 299 g/mol. The van der Waals surface area contributed by atoms with Gasteiger partial charge in [-0.15, -0.1) is 0 Å². The van der Waals surface area contributed by atoms with Gasteiger partial charge in [-0.05, 0) is 24.8 Å². The Bertz CT molecular complexity index is 501. The van der Waals surface area contributed by atoms with Gasteiger partial charge in [-0.25, -0.2) is 8.42 Å². The quantitative estimate of drug-likeness (QED) is 0.843. The van der Waals surface area contributed by atoms with E-state index in [4.69, 9.17) is 0 Å². The Kier molecular flexibility index (Phi) is 4.92. The van der Waals surface area contributed by atoms with E-state index in [9.17, 15) is 8.42 Å². The summed E-state index contributed by atoms with van der Waals surface area (Å²) < 4.78 is 23.1. The lowest BCUT2D eigenvalue weighted by Gasteiger charge is -2.27. The molecule has 1 heterocycles. The molecule has 1 aromatic rings. The first-order chi connectivity index (χ1) is 9.02. The van der Waals surface area contributed by atoms with Gasteiger partial charge in [0.25, 0.3) is 0 Å². The fourth-order valence-electron chi connectivity index (χ4n) is 2.61. The van der Waals surface area contributed by atoms with E-state index in [1.165, 1.54) is 5.56 Å². The molecule has 0 N–H and O–H groups in total. The summed E-state index contributed by atoms with van der Waals surface area (Å²) in [6, 6.07) is 10.5. The number of nitrogens with zero attached hydrogens (tertiary/aromatic N) is 1. The normalized spacial score (nSPS) is 23.6. The molecule has 0 bridgehead atoms. The molecule has 1 saturated heterocycles. The standard InChI is InChI=1S/C14H21NO2S2/c1-15(14-7-8-19(16,17)11-14)9-13(10-18)12-5-3-2-4-6-12/h2-6,13-14,18H,7-11H2,1H3. The fraction of sp³-hybridized carbons (Fsp3) is 0.571. The summed E-state index contributed by atoms with van der Waals surface area (Å²) in [7, 11) is -0.790. The van der Waals surface area contributed by atoms with Crippen LogP contribution in [0.5, 0.6) is 0 Å². The van der Waals surface area contributed by atoms with Gasteiger partial charge in [-0.3, -0.25) is 0 Å². The maximum absolute atomic E-state index is 11.5. The lowest BCUT2D eigenvalue weighted by atomic mass is 10.00. The van der Waals surface area contributed by atoms with Crippen LogP contribution in [0, 0.1) is 0 Å². The van der Waals surface area contributed by atoms with Gasteiger partial charge in [0, 0.05) is 18.5 Å². The van der Waals surface area contributed by atoms with Crippen LogP contribution in [0.15, 0.2) is 30.3 Å². The van der Waals surface area contributed by atoms with E-state index >= 15 is 0 Å². The van der Waals surface area contributed by atoms with E-state index in [0.717, 1.165) is 18.7 Å². The van der Waals surface area contributed by atoms with Crippen molar-refractivity contribution < 1.29 is 8.42 Å². The summed E-state index contributed by atoms with van der Waals surface area (Å²) in [5.74, 6) is 1.75. The Labute approximate surface area is 121 Å². The van der Waals surface area contributed by atoms with Crippen molar-refractivity contribution in [3.05, 3.63) is 35.9 Å². The van der Waals surface area contributed by atoms with Crippen molar-refractivity contribution in [2.45, 2.75) is 18.4 Å². The third kappa shape index (κ3) is 3.97. The lowest BCUT2D eigenvalue weighted by Crippen LogP contribution is -2.36. The molecule has 5 heteroatoms. The van der Waals surface area contributed by atoms with Gasteiger partial charge < -0.3 is 4.90 Å². The summed E-state index contributed by atoms with van der Waals surface area (Å²) >= 11 is 4.43. The first-order valence-electron chi connectivity index (χ1n) is 6.58. The Hall–Kier alpha value is -0.520. The molecule has 1 aliphatic rings. The van der Waals surface area contributed by atoms with Crippen LogP contribution in [0.1, 0.15) is 17.9 Å². The summed E-state index contributed by atoms with van der Waals surface area (Å²) in [5, 5.41) is 0. The highest BCUT2D eigenvalue weighted by Gasteiger charge is 2.31. The second kappa shape index (κ2) is 6.29. The molecule has 0 spiro atoms. The summed E-state index contributed by atoms with van der Waals surface area (Å²) in [5.41, 5.74) is 1.27. The number of likely N-dealkylation sites (N-methyl/N-ethyl adjacent to an activating group) is 1. The second-order valence-electron chi connectivity index (χ2n) is 5.29. The van der Waals surface area contributed by atoms with Crippen molar-refractivity contribution >= 4 is 22.5 Å². The van der Waals surface area contributed by atoms with Gasteiger partial charge >= 0.3 is 0 Å². The van der Waals surface area contributed by atoms with Crippen molar-refractivity contribution in [3.8, 4) is 0 Å². The Morgan fingerprint density at radius 2 is 2.05 bits per heavy atom. The molecule has 0 aromatic heterocycles. The zero-order chi connectivity index (χ0) is 13.9. The van der Waals surface area contributed by atoms with E-state index in [-0.39, 0.29) is 6.04 Å². The molecule has 0 radical (unpaired) electrons. The molecule has 1 aliphatic heterocycles. The third-order valence-electron chi connectivity index (χ3n) is 3.83. The van der Waals surface area contributed by atoms with Crippen LogP contribution in [0.2, 0.25) is 0 Å². The Balaban J connectivity index is 1.99. The van der Waals surface area contributed by atoms with Crippen molar-refractivity contribution in [1.29, 1.82) is 0 Å². The SMILES string of the molecule is CN(CC(CS)c1ccccc1)C1CCS(=O)(=O)C1. The molecular weight excluding hydrogens is 278 g/mol. The fourth-order valence-corrected chi connectivity index (χ4v) is 4.75. The predicted molar refractivity (Wildman–Crippen MR) is 82.7 cm³/mol. The maximum atomic E-state index is 11.5. The molecule has 0 saturated carbocycles. The first-order valence-corrected chi connectivity index (χ1v) is 9.03. The number of hydrogen-bond donors (Lipinski definition) is 1. The topological polar surface area (TPSA) is 37.4 Å². The van der Waals surface area contributed by atoms with Crippen molar-refractivity contribution in [2.24, 2.45) is 0 Å². The maximum Gasteiger partial charge on any atom is 0.151 e. The van der Waals surface area contributed by atoms with E-state index in [2.05, 4.69) is 29.7 Å². The van der Waals surface area contributed by atoms with Gasteiger partial charge in [0.05, 0.1) is 11.5 Å². The number of benzene rings is 1. The molecule has 106 valence electrons. The van der Waals surface area contributed by atoms with E-state index in [1.807, 2.05) is 25.2 Å². The predicted octanol–water partition coefficient (Wildman–Crippen LogP) is 1.82. The molecule has 19 heavy (non-hydrogen) atoms. The molecule has 1 aromatic carbocycles. The number of hydrogen-bond acceptors (Lipinski definition) is 4. The average Bonchev–Trinajstić information content (AvgIpc) is 2.77. The molecule has 3 nitrogen and oxygen atoms in total. The number of rotatable bonds is 5. The minimum atomic E-state index is -2.81. The zero-order valence-corrected chi connectivity index (χ0v) is 12.9. The van der Waals surface area contributed by atoms with Crippen LogP contribution in [0.4, 0.5) is 0 Å². The summed E-state index contributed by atoms with van der Waals surface area (Å²) in [4.78, 5) is 2.18. The first kappa shape index (κ1) is 14.9. The number of thiol groups is 1. The van der Waals surface area contributed by atoms with Crippen LogP contribution in [-0.4, -0.2) is 50.2 Å². The van der Waals surface area contributed by atoms with E-state index < -0.39 is 9.84 Å². The molecule has 2 unspecified atom stereocenters. The highest BCUT2D eigenvalue weighted by atomic mass is 32.2. The highest BCUT2D eigenvalue weighted by molar-refractivity contribution is 7.91. The van der Waals surface area contributed by atoms with Gasteiger partial charge in [-0.2, -0.15) is 12.6 Å². The zero-order valence-electron chi connectivity index (χ0n) is 11.2. The van der Waals surface area contributed by atoms with Gasteiger partial charge in [0.2, 0.25) is 0 Å². The minimum Gasteiger partial charge on any atom is -0.302 e. The number of sulfone groups is 1. The van der Waals surface area contributed by atoms with Crippen molar-refractivity contribution in [1.82, 2.24) is 4.90 Å². The second-order valence-corrected chi connectivity index (χ2v) is 7.88. The van der Waals surface area contributed by atoms with E-state index in [0.29, 0.717) is 17.4 Å². The van der Waals surface area contributed by atoms with Crippen LogP contribution in [0.25, 0.3) is 0 Å². The van der Waals surface area contributed by atoms with Gasteiger partial charge in [0.15, 0.2) is 9.84 Å². The van der Waals surface area contributed by atoms with Gasteiger partial charge in [-0.1, -0.05) is 30.3 Å². The van der Waals surface area contributed by atoms with Gasteiger partial charge in [0.1, 0.15) is 0 Å². The smallest absolute Gasteiger partial charge is 0.151 e. The molecular formula is C14H21NO2S2. The van der Waals surface area contributed by atoms with Crippen molar-refractivity contribution in [2.75, 3.05) is 30.9 Å². The Morgan fingerprint density at radius 1 is 1.37 bits per heavy atom. The summed E-state index contributed by atoms with van der Waals surface area (Å²) in [6.07, 6.45) is 0.757.